The summed E-state index contributed by atoms with van der Waals surface area (Å²) < 4.78 is 0. The Kier molecular flexibility index (Phi) is 5.61. The Morgan fingerprint density at radius 1 is 1.41 bits per heavy atom. The summed E-state index contributed by atoms with van der Waals surface area (Å²) in [6, 6.07) is 6.33. The summed E-state index contributed by atoms with van der Waals surface area (Å²) in [4.78, 5) is 10.1. The highest BCUT2D eigenvalue weighted by atomic mass is 35.5. The molecule has 1 aromatic carbocycles. The number of non-ortho nitro benzene ring substituents is 1. The van der Waals surface area contributed by atoms with E-state index in [1.165, 1.54) is 12.1 Å². The summed E-state index contributed by atoms with van der Waals surface area (Å²) >= 11 is 0. The highest BCUT2D eigenvalue weighted by Crippen LogP contribution is 2.11. The number of halogens is 1. The Morgan fingerprint density at radius 3 is 2.59 bits per heavy atom. The minimum absolute atomic E-state index is 0. The highest BCUT2D eigenvalue weighted by molar-refractivity contribution is 5.85. The average molecular weight is 258 g/mol. The molecule has 0 saturated carbocycles. The SMILES string of the molecule is CC(C)(C)N/N=C/c1cccc([N+](=O)[O-])c1.Cl. The molecule has 0 aliphatic carbocycles. The second-order valence-electron chi connectivity index (χ2n) is 4.47. The van der Waals surface area contributed by atoms with Gasteiger partial charge in [0.25, 0.3) is 5.69 Å². The van der Waals surface area contributed by atoms with Crippen LogP contribution in [-0.2, 0) is 0 Å². The molecule has 0 aromatic heterocycles. The Labute approximate surface area is 106 Å². The van der Waals surface area contributed by atoms with E-state index in [-0.39, 0.29) is 23.6 Å². The van der Waals surface area contributed by atoms with E-state index >= 15 is 0 Å². The lowest BCUT2D eigenvalue weighted by molar-refractivity contribution is -0.384. The lowest BCUT2D eigenvalue weighted by atomic mass is 10.1. The van der Waals surface area contributed by atoms with Crippen molar-refractivity contribution in [2.45, 2.75) is 26.3 Å². The van der Waals surface area contributed by atoms with Crippen LogP contribution < -0.4 is 5.43 Å². The minimum atomic E-state index is -0.422. The van der Waals surface area contributed by atoms with Gasteiger partial charge < -0.3 is 5.43 Å². The summed E-state index contributed by atoms with van der Waals surface area (Å²) in [7, 11) is 0. The van der Waals surface area contributed by atoms with E-state index < -0.39 is 4.92 Å². The molecule has 17 heavy (non-hydrogen) atoms. The third-order valence-electron chi connectivity index (χ3n) is 1.69. The van der Waals surface area contributed by atoms with Crippen molar-refractivity contribution in [1.82, 2.24) is 5.43 Å². The molecule has 0 aliphatic rings. The summed E-state index contributed by atoms with van der Waals surface area (Å²) in [5.41, 5.74) is 3.57. The number of hydrazone groups is 1. The zero-order chi connectivity index (χ0) is 12.2. The van der Waals surface area contributed by atoms with Crippen LogP contribution in [0.2, 0.25) is 0 Å². The van der Waals surface area contributed by atoms with E-state index in [9.17, 15) is 10.1 Å². The first kappa shape index (κ1) is 15.4. The second-order valence-corrected chi connectivity index (χ2v) is 4.47. The predicted octanol–water partition coefficient (Wildman–Crippen LogP) is 2.74. The molecule has 0 spiro atoms. The van der Waals surface area contributed by atoms with E-state index in [0.29, 0.717) is 5.56 Å². The van der Waals surface area contributed by atoms with Gasteiger partial charge in [-0.2, -0.15) is 5.10 Å². The van der Waals surface area contributed by atoms with Crippen molar-refractivity contribution >= 4 is 24.3 Å². The van der Waals surface area contributed by atoms with E-state index in [0.717, 1.165) is 0 Å². The number of nitro benzene ring substituents is 1. The normalized spacial score (nSPS) is 11.0. The van der Waals surface area contributed by atoms with E-state index in [2.05, 4.69) is 10.5 Å². The molecule has 0 atom stereocenters. The quantitative estimate of drug-likeness (QED) is 0.514. The maximum Gasteiger partial charge on any atom is 0.270 e. The van der Waals surface area contributed by atoms with Gasteiger partial charge in [0.05, 0.1) is 11.1 Å². The van der Waals surface area contributed by atoms with Gasteiger partial charge in [0, 0.05) is 23.2 Å². The number of nitro groups is 1. The van der Waals surface area contributed by atoms with Gasteiger partial charge in [-0.25, -0.2) is 0 Å². The van der Waals surface area contributed by atoms with Crippen LogP contribution >= 0.6 is 12.4 Å². The van der Waals surface area contributed by atoms with Crippen molar-refractivity contribution in [3.63, 3.8) is 0 Å². The number of hydrogen-bond acceptors (Lipinski definition) is 4. The molecule has 1 aromatic rings. The number of benzene rings is 1. The standard InChI is InChI=1S/C11H15N3O2.ClH/c1-11(2,3)13-12-8-9-5-4-6-10(7-9)14(15)16;/h4-8,13H,1-3H3;1H/b12-8+;. The van der Waals surface area contributed by atoms with E-state index in [4.69, 9.17) is 0 Å². The fourth-order valence-corrected chi connectivity index (χ4v) is 1.02. The lowest BCUT2D eigenvalue weighted by Gasteiger charge is -2.16. The summed E-state index contributed by atoms with van der Waals surface area (Å²) in [5, 5.41) is 14.5. The zero-order valence-corrected chi connectivity index (χ0v) is 10.8. The molecule has 94 valence electrons. The van der Waals surface area contributed by atoms with Crippen LogP contribution in [0.5, 0.6) is 0 Å². The van der Waals surface area contributed by atoms with Crippen molar-refractivity contribution in [2.75, 3.05) is 0 Å². The van der Waals surface area contributed by atoms with Gasteiger partial charge in [0.15, 0.2) is 0 Å². The van der Waals surface area contributed by atoms with Crippen LogP contribution in [-0.4, -0.2) is 16.7 Å². The molecule has 5 nitrogen and oxygen atoms in total. The van der Waals surface area contributed by atoms with Gasteiger partial charge in [0.2, 0.25) is 0 Å². The largest absolute Gasteiger partial charge is 0.305 e. The first-order valence-electron chi connectivity index (χ1n) is 4.93. The number of hydrogen-bond donors (Lipinski definition) is 1. The molecule has 0 amide bonds. The van der Waals surface area contributed by atoms with Crippen molar-refractivity contribution in [2.24, 2.45) is 5.10 Å². The Hall–Kier alpha value is -1.62. The van der Waals surface area contributed by atoms with Crippen molar-refractivity contribution < 1.29 is 4.92 Å². The van der Waals surface area contributed by atoms with Crippen molar-refractivity contribution in [3.05, 3.63) is 39.9 Å². The molecule has 0 aliphatic heterocycles. The van der Waals surface area contributed by atoms with Gasteiger partial charge in [-0.3, -0.25) is 10.1 Å². The molecular weight excluding hydrogens is 242 g/mol. The average Bonchev–Trinajstić information content (AvgIpc) is 2.16. The topological polar surface area (TPSA) is 67.5 Å². The molecule has 6 heteroatoms. The molecule has 0 heterocycles. The highest BCUT2D eigenvalue weighted by Gasteiger charge is 2.06. The van der Waals surface area contributed by atoms with Gasteiger partial charge in [-0.05, 0) is 20.8 Å². The monoisotopic (exact) mass is 257 g/mol. The molecule has 1 rings (SSSR count). The van der Waals surface area contributed by atoms with Crippen molar-refractivity contribution in [3.8, 4) is 0 Å². The number of nitrogens with zero attached hydrogens (tertiary/aromatic N) is 2. The van der Waals surface area contributed by atoms with E-state index in [1.807, 2.05) is 20.8 Å². The smallest absolute Gasteiger partial charge is 0.270 e. The summed E-state index contributed by atoms with van der Waals surface area (Å²) in [6.45, 7) is 5.95. The van der Waals surface area contributed by atoms with Crippen LogP contribution in [0.25, 0.3) is 0 Å². The minimum Gasteiger partial charge on any atom is -0.305 e. The Bertz CT molecular complexity index is 413. The van der Waals surface area contributed by atoms with Gasteiger partial charge in [0.1, 0.15) is 0 Å². The van der Waals surface area contributed by atoms with Crippen LogP contribution in [0.15, 0.2) is 29.4 Å². The fourth-order valence-electron chi connectivity index (χ4n) is 1.02. The van der Waals surface area contributed by atoms with Gasteiger partial charge >= 0.3 is 0 Å². The van der Waals surface area contributed by atoms with Crippen LogP contribution in [0.3, 0.4) is 0 Å². The van der Waals surface area contributed by atoms with Gasteiger partial charge in [-0.15, -0.1) is 12.4 Å². The number of rotatable bonds is 3. The Balaban J connectivity index is 0.00000256. The predicted molar refractivity (Wildman–Crippen MR) is 70.8 cm³/mol. The molecule has 0 saturated heterocycles. The molecule has 0 unspecified atom stereocenters. The Morgan fingerprint density at radius 2 is 2.06 bits per heavy atom. The third kappa shape index (κ3) is 5.87. The zero-order valence-electron chi connectivity index (χ0n) is 10.0. The van der Waals surface area contributed by atoms with Crippen LogP contribution in [0.4, 0.5) is 5.69 Å². The third-order valence-corrected chi connectivity index (χ3v) is 1.69. The van der Waals surface area contributed by atoms with E-state index in [1.54, 1.807) is 18.3 Å². The number of nitrogens with one attached hydrogen (secondary N) is 1. The first-order valence-corrected chi connectivity index (χ1v) is 4.93. The second kappa shape index (κ2) is 6.20. The summed E-state index contributed by atoms with van der Waals surface area (Å²) in [5.74, 6) is 0. The van der Waals surface area contributed by atoms with Gasteiger partial charge in [-0.1, -0.05) is 12.1 Å². The maximum absolute atomic E-state index is 10.5. The molecule has 1 N–H and O–H groups in total. The summed E-state index contributed by atoms with van der Waals surface area (Å²) in [6.07, 6.45) is 1.57. The molecule has 0 bridgehead atoms. The molecular formula is C11H16ClN3O2. The lowest BCUT2D eigenvalue weighted by Crippen LogP contribution is -2.31. The van der Waals surface area contributed by atoms with Crippen LogP contribution in [0, 0.1) is 10.1 Å². The molecule has 0 radical (unpaired) electrons. The first-order chi connectivity index (χ1) is 7.38. The molecule has 0 fully saturated rings. The van der Waals surface area contributed by atoms with Crippen molar-refractivity contribution in [1.29, 1.82) is 0 Å². The fraction of sp³-hybridized carbons (Fsp3) is 0.364. The van der Waals surface area contributed by atoms with Crippen LogP contribution in [0.1, 0.15) is 26.3 Å². The maximum atomic E-state index is 10.5.